The van der Waals surface area contributed by atoms with Gasteiger partial charge in [-0.15, -0.1) is 0 Å². The van der Waals surface area contributed by atoms with Crippen LogP contribution in [0.2, 0.25) is 0 Å². The van der Waals surface area contributed by atoms with Crippen LogP contribution < -0.4 is 4.72 Å². The van der Waals surface area contributed by atoms with Gasteiger partial charge >= 0.3 is 0 Å². The average molecular weight is 175 g/mol. The van der Waals surface area contributed by atoms with E-state index >= 15 is 0 Å². The molecule has 0 aliphatic heterocycles. The van der Waals surface area contributed by atoms with Crippen molar-refractivity contribution >= 4 is 10.0 Å². The van der Waals surface area contributed by atoms with Gasteiger partial charge in [-0.05, 0) is 31.6 Å². The second-order valence-corrected chi connectivity index (χ2v) is 5.42. The molecule has 2 fully saturated rings. The SMILES string of the molecule is O=S(=O)(CC1CC1)NC1CC1. The van der Waals surface area contributed by atoms with Crippen molar-refractivity contribution in [3.8, 4) is 0 Å². The maximum absolute atomic E-state index is 11.2. The van der Waals surface area contributed by atoms with E-state index in [1.807, 2.05) is 0 Å². The summed E-state index contributed by atoms with van der Waals surface area (Å²) in [5.41, 5.74) is 0. The number of hydrogen-bond acceptors (Lipinski definition) is 2. The zero-order valence-electron chi connectivity index (χ0n) is 6.41. The van der Waals surface area contributed by atoms with Crippen molar-refractivity contribution < 1.29 is 8.42 Å². The van der Waals surface area contributed by atoms with Gasteiger partial charge in [0, 0.05) is 6.04 Å². The minimum Gasteiger partial charge on any atom is -0.212 e. The summed E-state index contributed by atoms with van der Waals surface area (Å²) < 4.78 is 25.1. The summed E-state index contributed by atoms with van der Waals surface area (Å²) in [5, 5.41) is 0. The van der Waals surface area contributed by atoms with Gasteiger partial charge in [-0.3, -0.25) is 0 Å². The van der Waals surface area contributed by atoms with E-state index in [9.17, 15) is 8.42 Å². The van der Waals surface area contributed by atoms with E-state index in [1.54, 1.807) is 0 Å². The van der Waals surface area contributed by atoms with E-state index in [0.717, 1.165) is 25.7 Å². The van der Waals surface area contributed by atoms with Crippen molar-refractivity contribution in [2.24, 2.45) is 5.92 Å². The molecule has 0 saturated heterocycles. The van der Waals surface area contributed by atoms with E-state index in [2.05, 4.69) is 4.72 Å². The van der Waals surface area contributed by atoms with Gasteiger partial charge in [0.2, 0.25) is 10.0 Å². The van der Waals surface area contributed by atoms with Gasteiger partial charge in [0.05, 0.1) is 5.75 Å². The molecule has 0 radical (unpaired) electrons. The Balaban J connectivity index is 1.85. The Labute approximate surface area is 67.2 Å². The zero-order valence-corrected chi connectivity index (χ0v) is 7.23. The fourth-order valence-corrected chi connectivity index (χ4v) is 2.89. The molecule has 2 aliphatic rings. The Bertz CT molecular complexity index is 219. The van der Waals surface area contributed by atoms with E-state index in [4.69, 9.17) is 0 Å². The Morgan fingerprint density at radius 1 is 1.18 bits per heavy atom. The van der Waals surface area contributed by atoms with Gasteiger partial charge in [-0.25, -0.2) is 13.1 Å². The molecular formula is C7H13NO2S. The molecule has 0 amide bonds. The van der Waals surface area contributed by atoms with E-state index in [1.165, 1.54) is 0 Å². The highest BCUT2D eigenvalue weighted by Gasteiger charge is 2.32. The molecule has 0 aromatic rings. The lowest BCUT2D eigenvalue weighted by Crippen LogP contribution is -2.28. The molecule has 0 heterocycles. The quantitative estimate of drug-likeness (QED) is 0.675. The van der Waals surface area contributed by atoms with Crippen molar-refractivity contribution in [2.75, 3.05) is 5.75 Å². The minimum absolute atomic E-state index is 0.277. The van der Waals surface area contributed by atoms with Gasteiger partial charge in [0.15, 0.2) is 0 Å². The molecule has 1 N–H and O–H groups in total. The maximum atomic E-state index is 11.2. The molecular weight excluding hydrogens is 162 g/mol. The molecule has 4 heteroatoms. The fraction of sp³-hybridized carbons (Fsp3) is 1.00. The van der Waals surface area contributed by atoms with Crippen LogP contribution in [0.5, 0.6) is 0 Å². The first-order valence-corrected chi connectivity index (χ1v) is 5.81. The lowest BCUT2D eigenvalue weighted by molar-refractivity contribution is 0.577. The van der Waals surface area contributed by atoms with Crippen molar-refractivity contribution in [3.05, 3.63) is 0 Å². The third kappa shape index (κ3) is 2.45. The standard InChI is InChI=1S/C7H13NO2S/c9-11(10,5-6-1-2-6)8-7-3-4-7/h6-8H,1-5H2. The number of nitrogens with one attached hydrogen (secondary N) is 1. The summed E-state index contributed by atoms with van der Waals surface area (Å²) in [6.07, 6.45) is 4.27. The Morgan fingerprint density at radius 3 is 2.27 bits per heavy atom. The maximum Gasteiger partial charge on any atom is 0.212 e. The summed E-state index contributed by atoms with van der Waals surface area (Å²) in [6, 6.07) is 0.277. The second kappa shape index (κ2) is 2.45. The van der Waals surface area contributed by atoms with Crippen LogP contribution in [0.3, 0.4) is 0 Å². The normalized spacial score (nSPS) is 25.5. The van der Waals surface area contributed by atoms with Gasteiger partial charge in [0.25, 0.3) is 0 Å². The van der Waals surface area contributed by atoms with Crippen LogP contribution in [0.4, 0.5) is 0 Å². The van der Waals surface area contributed by atoms with Crippen LogP contribution in [-0.2, 0) is 10.0 Å². The Kier molecular flexibility index (Phi) is 1.68. The third-order valence-electron chi connectivity index (χ3n) is 2.08. The predicted molar refractivity (Wildman–Crippen MR) is 42.7 cm³/mol. The second-order valence-electron chi connectivity index (χ2n) is 3.62. The molecule has 0 spiro atoms. The lowest BCUT2D eigenvalue weighted by atomic mass is 10.5. The van der Waals surface area contributed by atoms with Crippen molar-refractivity contribution in [1.82, 2.24) is 4.72 Å². The molecule has 2 rings (SSSR count). The van der Waals surface area contributed by atoms with E-state index in [-0.39, 0.29) is 6.04 Å². The van der Waals surface area contributed by atoms with Crippen LogP contribution >= 0.6 is 0 Å². The summed E-state index contributed by atoms with van der Waals surface area (Å²) >= 11 is 0. The summed E-state index contributed by atoms with van der Waals surface area (Å²) in [6.45, 7) is 0. The Morgan fingerprint density at radius 2 is 1.82 bits per heavy atom. The highest BCUT2D eigenvalue weighted by atomic mass is 32.2. The molecule has 0 atom stereocenters. The van der Waals surface area contributed by atoms with Crippen LogP contribution in [0.25, 0.3) is 0 Å². The van der Waals surface area contributed by atoms with Gasteiger partial charge in [-0.2, -0.15) is 0 Å². The smallest absolute Gasteiger partial charge is 0.212 e. The largest absolute Gasteiger partial charge is 0.212 e. The summed E-state index contributed by atoms with van der Waals surface area (Å²) in [5.74, 6) is 0.829. The van der Waals surface area contributed by atoms with Gasteiger partial charge in [-0.1, -0.05) is 0 Å². The molecule has 0 aromatic heterocycles. The van der Waals surface area contributed by atoms with Crippen LogP contribution in [0.1, 0.15) is 25.7 Å². The van der Waals surface area contributed by atoms with Gasteiger partial charge < -0.3 is 0 Å². The minimum atomic E-state index is -2.91. The molecule has 0 unspecified atom stereocenters. The van der Waals surface area contributed by atoms with E-state index < -0.39 is 10.0 Å². The average Bonchev–Trinajstić information content (AvgIpc) is 2.60. The first-order chi connectivity index (χ1) is 5.16. The van der Waals surface area contributed by atoms with Crippen molar-refractivity contribution in [1.29, 1.82) is 0 Å². The molecule has 0 bridgehead atoms. The van der Waals surface area contributed by atoms with Crippen LogP contribution in [-0.4, -0.2) is 20.2 Å². The number of sulfonamides is 1. The van der Waals surface area contributed by atoms with Crippen LogP contribution in [0.15, 0.2) is 0 Å². The molecule has 0 aromatic carbocycles. The summed E-state index contributed by atoms with van der Waals surface area (Å²) in [4.78, 5) is 0. The highest BCUT2D eigenvalue weighted by Crippen LogP contribution is 2.30. The highest BCUT2D eigenvalue weighted by molar-refractivity contribution is 7.89. The number of hydrogen-bond donors (Lipinski definition) is 1. The molecule has 2 aliphatic carbocycles. The predicted octanol–water partition coefficient (Wildman–Crippen LogP) is 0.478. The van der Waals surface area contributed by atoms with E-state index in [0.29, 0.717) is 11.7 Å². The zero-order chi connectivity index (χ0) is 7.90. The van der Waals surface area contributed by atoms with Gasteiger partial charge in [0.1, 0.15) is 0 Å². The molecule has 11 heavy (non-hydrogen) atoms. The van der Waals surface area contributed by atoms with Crippen LogP contribution in [0, 0.1) is 5.92 Å². The first kappa shape index (κ1) is 7.55. The van der Waals surface area contributed by atoms with Crippen molar-refractivity contribution in [3.63, 3.8) is 0 Å². The fourth-order valence-electron chi connectivity index (χ4n) is 1.10. The lowest BCUT2D eigenvalue weighted by Gasteiger charge is -2.02. The molecule has 3 nitrogen and oxygen atoms in total. The first-order valence-electron chi connectivity index (χ1n) is 4.16. The molecule has 2 saturated carbocycles. The monoisotopic (exact) mass is 175 g/mol. The topological polar surface area (TPSA) is 46.2 Å². The third-order valence-corrected chi connectivity index (χ3v) is 3.68. The summed E-state index contributed by atoms with van der Waals surface area (Å²) in [7, 11) is -2.91. The number of rotatable bonds is 4. The van der Waals surface area contributed by atoms with Crippen molar-refractivity contribution in [2.45, 2.75) is 31.7 Å². The molecule has 64 valence electrons. The Hall–Kier alpha value is -0.0900.